The lowest BCUT2D eigenvalue weighted by Gasteiger charge is -2.23. The van der Waals surface area contributed by atoms with Gasteiger partial charge in [-0.25, -0.2) is 0 Å². The number of hydrogen-bond acceptors (Lipinski definition) is 3. The van der Waals surface area contributed by atoms with Gasteiger partial charge in [0.2, 0.25) is 0 Å². The van der Waals surface area contributed by atoms with Crippen LogP contribution >= 0.6 is 0 Å². The summed E-state index contributed by atoms with van der Waals surface area (Å²) in [6, 6.07) is 4.42. The van der Waals surface area contributed by atoms with Crippen molar-refractivity contribution in [2.45, 2.75) is 38.3 Å². The molecule has 2 heterocycles. The first kappa shape index (κ1) is 10.9. The molecule has 2 N–H and O–H groups in total. The van der Waals surface area contributed by atoms with Crippen LogP contribution in [0, 0.1) is 0 Å². The Bertz CT molecular complexity index is 444. The minimum Gasteiger partial charge on any atom is -0.490 e. The largest absolute Gasteiger partial charge is 0.490 e. The third-order valence-electron chi connectivity index (χ3n) is 3.88. The normalized spacial score (nSPS) is 27.1. The van der Waals surface area contributed by atoms with Crippen LogP contribution in [0.4, 0.5) is 5.69 Å². The van der Waals surface area contributed by atoms with Crippen molar-refractivity contribution in [2.24, 2.45) is 5.73 Å². The van der Waals surface area contributed by atoms with Crippen LogP contribution in [0.2, 0.25) is 0 Å². The van der Waals surface area contributed by atoms with E-state index in [1.54, 1.807) is 0 Å². The standard InChI is InChI=1S/C14H20N2O/c1-9-8-11-13(17-9)6-5-10-12(15)4-3-7-16(2)14(10)11/h5-6,9,12H,3-4,7-8,15H2,1-2H3. The number of fused-ring (bicyclic) bond motifs is 3. The first-order chi connectivity index (χ1) is 8.16. The van der Waals surface area contributed by atoms with E-state index in [0.29, 0.717) is 6.10 Å². The van der Waals surface area contributed by atoms with Crippen LogP contribution in [0.5, 0.6) is 5.75 Å². The highest BCUT2D eigenvalue weighted by Crippen LogP contribution is 2.42. The maximum absolute atomic E-state index is 6.27. The average molecular weight is 232 g/mol. The predicted molar refractivity (Wildman–Crippen MR) is 69.7 cm³/mol. The maximum atomic E-state index is 6.27. The SMILES string of the molecule is CC1Cc2c(ccc3c2N(C)CCCC3N)O1. The second-order valence-corrected chi connectivity index (χ2v) is 5.28. The van der Waals surface area contributed by atoms with Crippen molar-refractivity contribution in [2.75, 3.05) is 18.5 Å². The first-order valence-electron chi connectivity index (χ1n) is 6.46. The molecule has 17 heavy (non-hydrogen) atoms. The van der Waals surface area contributed by atoms with Crippen molar-refractivity contribution in [1.82, 2.24) is 0 Å². The van der Waals surface area contributed by atoms with E-state index in [9.17, 15) is 0 Å². The fraction of sp³-hybridized carbons (Fsp3) is 0.571. The molecule has 0 saturated heterocycles. The summed E-state index contributed by atoms with van der Waals surface area (Å²) in [6.07, 6.45) is 3.55. The zero-order chi connectivity index (χ0) is 12.0. The summed E-state index contributed by atoms with van der Waals surface area (Å²) in [5, 5.41) is 0. The molecule has 2 atom stereocenters. The van der Waals surface area contributed by atoms with Crippen molar-refractivity contribution < 1.29 is 4.74 Å². The molecule has 2 unspecified atom stereocenters. The van der Waals surface area contributed by atoms with Crippen LogP contribution in [0.15, 0.2) is 12.1 Å². The lowest BCUT2D eigenvalue weighted by molar-refractivity contribution is 0.254. The molecular formula is C14H20N2O. The van der Waals surface area contributed by atoms with Crippen molar-refractivity contribution in [1.29, 1.82) is 0 Å². The van der Waals surface area contributed by atoms with Crippen LogP contribution in [-0.2, 0) is 6.42 Å². The van der Waals surface area contributed by atoms with E-state index in [-0.39, 0.29) is 6.04 Å². The molecule has 2 aliphatic rings. The van der Waals surface area contributed by atoms with Gasteiger partial charge in [-0.05, 0) is 31.4 Å². The Labute approximate surface area is 103 Å². The summed E-state index contributed by atoms with van der Waals surface area (Å²) in [5.74, 6) is 1.05. The molecule has 92 valence electrons. The summed E-state index contributed by atoms with van der Waals surface area (Å²) in [7, 11) is 2.17. The topological polar surface area (TPSA) is 38.5 Å². The van der Waals surface area contributed by atoms with Gasteiger partial charge in [0, 0.05) is 37.3 Å². The van der Waals surface area contributed by atoms with Gasteiger partial charge >= 0.3 is 0 Å². The third-order valence-corrected chi connectivity index (χ3v) is 3.88. The Morgan fingerprint density at radius 1 is 1.41 bits per heavy atom. The van der Waals surface area contributed by atoms with E-state index in [0.717, 1.165) is 31.6 Å². The quantitative estimate of drug-likeness (QED) is 0.745. The minimum absolute atomic E-state index is 0.177. The monoisotopic (exact) mass is 232 g/mol. The molecule has 0 aliphatic carbocycles. The van der Waals surface area contributed by atoms with Crippen molar-refractivity contribution in [3.8, 4) is 5.75 Å². The van der Waals surface area contributed by atoms with Gasteiger partial charge in [-0.1, -0.05) is 6.07 Å². The minimum atomic E-state index is 0.177. The molecule has 0 amide bonds. The Hall–Kier alpha value is -1.22. The van der Waals surface area contributed by atoms with Gasteiger partial charge in [-0.3, -0.25) is 0 Å². The lowest BCUT2D eigenvalue weighted by Crippen LogP contribution is -2.19. The van der Waals surface area contributed by atoms with E-state index in [2.05, 4.69) is 31.0 Å². The van der Waals surface area contributed by atoms with Gasteiger partial charge in [0.1, 0.15) is 11.9 Å². The lowest BCUT2D eigenvalue weighted by atomic mass is 9.97. The predicted octanol–water partition coefficient (Wildman–Crippen LogP) is 2.24. The van der Waals surface area contributed by atoms with Gasteiger partial charge in [0.05, 0.1) is 0 Å². The van der Waals surface area contributed by atoms with Gasteiger partial charge < -0.3 is 15.4 Å². The molecule has 2 aliphatic heterocycles. The van der Waals surface area contributed by atoms with Crippen molar-refractivity contribution in [3.05, 3.63) is 23.3 Å². The van der Waals surface area contributed by atoms with Gasteiger partial charge in [0.15, 0.2) is 0 Å². The molecule has 0 spiro atoms. The molecule has 0 saturated carbocycles. The van der Waals surface area contributed by atoms with Crippen LogP contribution in [0.25, 0.3) is 0 Å². The van der Waals surface area contributed by atoms with E-state index >= 15 is 0 Å². The number of benzene rings is 1. The number of hydrogen-bond donors (Lipinski definition) is 1. The highest BCUT2D eigenvalue weighted by molar-refractivity contribution is 5.67. The molecule has 3 rings (SSSR count). The molecule has 0 radical (unpaired) electrons. The molecule has 0 aromatic heterocycles. The molecule has 1 aromatic rings. The number of nitrogens with two attached hydrogens (primary N) is 1. The summed E-state index contributed by atoms with van der Waals surface area (Å²) >= 11 is 0. The second kappa shape index (κ2) is 3.91. The zero-order valence-corrected chi connectivity index (χ0v) is 10.6. The van der Waals surface area contributed by atoms with E-state index < -0.39 is 0 Å². The highest BCUT2D eigenvalue weighted by atomic mass is 16.5. The number of ether oxygens (including phenoxy) is 1. The van der Waals surface area contributed by atoms with Crippen LogP contribution in [-0.4, -0.2) is 19.7 Å². The molecule has 3 nitrogen and oxygen atoms in total. The zero-order valence-electron chi connectivity index (χ0n) is 10.6. The third kappa shape index (κ3) is 1.69. The smallest absolute Gasteiger partial charge is 0.125 e. The summed E-state index contributed by atoms with van der Waals surface area (Å²) in [5.41, 5.74) is 10.2. The Morgan fingerprint density at radius 2 is 2.24 bits per heavy atom. The average Bonchev–Trinajstić information content (AvgIpc) is 2.60. The van der Waals surface area contributed by atoms with E-state index in [1.807, 2.05) is 0 Å². The molecule has 3 heteroatoms. The summed E-state index contributed by atoms with van der Waals surface area (Å²) in [4.78, 5) is 2.35. The molecule has 1 aromatic carbocycles. The van der Waals surface area contributed by atoms with Crippen molar-refractivity contribution >= 4 is 5.69 Å². The second-order valence-electron chi connectivity index (χ2n) is 5.28. The number of nitrogens with zero attached hydrogens (tertiary/aromatic N) is 1. The van der Waals surface area contributed by atoms with E-state index in [1.165, 1.54) is 16.8 Å². The molecular weight excluding hydrogens is 212 g/mol. The summed E-state index contributed by atoms with van der Waals surface area (Å²) in [6.45, 7) is 3.22. The number of anilines is 1. The van der Waals surface area contributed by atoms with Crippen LogP contribution < -0.4 is 15.4 Å². The Kier molecular flexibility index (Phi) is 2.51. The maximum Gasteiger partial charge on any atom is 0.125 e. The van der Waals surface area contributed by atoms with Gasteiger partial charge in [-0.2, -0.15) is 0 Å². The van der Waals surface area contributed by atoms with E-state index in [4.69, 9.17) is 10.5 Å². The van der Waals surface area contributed by atoms with Crippen LogP contribution in [0.1, 0.15) is 36.9 Å². The highest BCUT2D eigenvalue weighted by Gasteiger charge is 2.28. The fourth-order valence-electron chi connectivity index (χ4n) is 3.06. The van der Waals surface area contributed by atoms with Gasteiger partial charge in [0.25, 0.3) is 0 Å². The first-order valence-corrected chi connectivity index (χ1v) is 6.46. The van der Waals surface area contributed by atoms with Crippen molar-refractivity contribution in [3.63, 3.8) is 0 Å². The Morgan fingerprint density at radius 3 is 3.06 bits per heavy atom. The summed E-state index contributed by atoms with van der Waals surface area (Å²) < 4.78 is 5.83. The molecule has 0 bridgehead atoms. The van der Waals surface area contributed by atoms with Crippen LogP contribution in [0.3, 0.4) is 0 Å². The molecule has 0 fully saturated rings. The Balaban J connectivity index is 2.15. The number of rotatable bonds is 0. The fourth-order valence-corrected chi connectivity index (χ4v) is 3.06. The van der Waals surface area contributed by atoms with Gasteiger partial charge in [-0.15, -0.1) is 0 Å².